The van der Waals surface area contributed by atoms with E-state index in [1.165, 1.54) is 15.9 Å². The summed E-state index contributed by atoms with van der Waals surface area (Å²) >= 11 is 9.56. The van der Waals surface area contributed by atoms with Crippen molar-refractivity contribution in [3.05, 3.63) is 87.1 Å². The Morgan fingerprint density at radius 1 is 1.24 bits per heavy atom. The van der Waals surface area contributed by atoms with Crippen molar-refractivity contribution in [2.75, 3.05) is 19.8 Å². The van der Waals surface area contributed by atoms with Gasteiger partial charge in [0.25, 0.3) is 5.56 Å². The van der Waals surface area contributed by atoms with E-state index in [0.29, 0.717) is 58.4 Å². The molecule has 196 valence electrons. The molecule has 1 aliphatic heterocycles. The van der Waals surface area contributed by atoms with E-state index >= 15 is 0 Å². The minimum absolute atomic E-state index is 0.153. The van der Waals surface area contributed by atoms with Crippen molar-refractivity contribution in [1.82, 2.24) is 4.57 Å². The highest BCUT2D eigenvalue weighted by atomic mass is 127. The van der Waals surface area contributed by atoms with E-state index < -0.39 is 12.0 Å². The molecule has 0 unspecified atom stereocenters. The number of fused-ring (bicyclic) bond motifs is 1. The van der Waals surface area contributed by atoms with Gasteiger partial charge in [-0.2, -0.15) is 5.26 Å². The van der Waals surface area contributed by atoms with Crippen molar-refractivity contribution in [2.24, 2.45) is 4.99 Å². The van der Waals surface area contributed by atoms with Gasteiger partial charge in [0.05, 0.1) is 38.6 Å². The number of thiazole rings is 1. The van der Waals surface area contributed by atoms with Crippen LogP contribution in [-0.2, 0) is 9.53 Å². The van der Waals surface area contributed by atoms with E-state index in [0.717, 1.165) is 0 Å². The fraction of sp³-hybridized carbons (Fsp3) is 0.259. The number of halogens is 2. The van der Waals surface area contributed by atoms with Gasteiger partial charge in [0.2, 0.25) is 0 Å². The molecule has 0 fully saturated rings. The van der Waals surface area contributed by atoms with Crippen LogP contribution in [0.5, 0.6) is 11.5 Å². The second-order valence-corrected chi connectivity index (χ2v) is 10.7. The number of rotatable bonds is 8. The van der Waals surface area contributed by atoms with Crippen LogP contribution in [0.25, 0.3) is 6.08 Å². The second-order valence-electron chi connectivity index (χ2n) is 8.06. The molecule has 0 saturated heterocycles. The lowest BCUT2D eigenvalue weighted by Gasteiger charge is -2.24. The fourth-order valence-corrected chi connectivity index (χ4v) is 6.36. The molecule has 0 radical (unpaired) electrons. The first-order chi connectivity index (χ1) is 18.3. The quantitative estimate of drug-likeness (QED) is 0.262. The first-order valence-electron chi connectivity index (χ1n) is 11.7. The lowest BCUT2D eigenvalue weighted by atomic mass is 9.96. The van der Waals surface area contributed by atoms with Crippen LogP contribution in [0, 0.1) is 14.9 Å². The zero-order chi connectivity index (χ0) is 27.4. The smallest absolute Gasteiger partial charge is 0.338 e. The summed E-state index contributed by atoms with van der Waals surface area (Å²) in [5.41, 5.74) is 1.72. The number of benzene rings is 2. The third kappa shape index (κ3) is 5.65. The Kier molecular flexibility index (Phi) is 8.91. The number of hydrogen-bond acceptors (Lipinski definition) is 8. The molecule has 2 heterocycles. The largest absolute Gasteiger partial charge is 0.494 e. The lowest BCUT2D eigenvalue weighted by molar-refractivity contribution is -0.139. The molecule has 0 N–H and O–H groups in total. The molecule has 0 saturated carbocycles. The van der Waals surface area contributed by atoms with Crippen molar-refractivity contribution >= 4 is 57.6 Å². The van der Waals surface area contributed by atoms with Crippen molar-refractivity contribution in [2.45, 2.75) is 26.8 Å². The molecular formula is C27H23ClIN3O5S. The molecule has 38 heavy (non-hydrogen) atoms. The number of carbonyl (C=O) groups is 1. The summed E-state index contributed by atoms with van der Waals surface area (Å²) in [7, 11) is 0. The summed E-state index contributed by atoms with van der Waals surface area (Å²) < 4.78 is 19.1. The van der Waals surface area contributed by atoms with Crippen LogP contribution in [0.2, 0.25) is 5.02 Å². The highest BCUT2D eigenvalue weighted by Gasteiger charge is 2.33. The lowest BCUT2D eigenvalue weighted by Crippen LogP contribution is -2.39. The third-order valence-corrected chi connectivity index (χ3v) is 7.63. The highest BCUT2D eigenvalue weighted by Crippen LogP contribution is 2.32. The Bertz CT molecular complexity index is 1640. The summed E-state index contributed by atoms with van der Waals surface area (Å²) in [6.45, 7) is 5.92. The Labute approximate surface area is 241 Å². The number of nitriles is 1. The molecule has 1 aromatic heterocycles. The van der Waals surface area contributed by atoms with Crippen molar-refractivity contribution in [3.63, 3.8) is 0 Å². The number of esters is 1. The molecule has 8 nitrogen and oxygen atoms in total. The van der Waals surface area contributed by atoms with Gasteiger partial charge in [-0.05, 0) is 79.3 Å². The predicted octanol–water partition coefficient (Wildman–Crippen LogP) is 4.36. The zero-order valence-corrected chi connectivity index (χ0v) is 24.5. The van der Waals surface area contributed by atoms with E-state index in [4.69, 9.17) is 31.1 Å². The number of allylic oxidation sites excluding steroid dienone is 1. The van der Waals surface area contributed by atoms with Crippen LogP contribution in [0.4, 0.5) is 0 Å². The van der Waals surface area contributed by atoms with Crippen LogP contribution in [0.3, 0.4) is 0 Å². The molecule has 2 aromatic carbocycles. The van der Waals surface area contributed by atoms with Gasteiger partial charge >= 0.3 is 5.97 Å². The molecule has 11 heteroatoms. The van der Waals surface area contributed by atoms with Crippen molar-refractivity contribution in [3.8, 4) is 17.6 Å². The Morgan fingerprint density at radius 3 is 2.63 bits per heavy atom. The molecule has 3 aromatic rings. The number of carbonyl (C=O) groups excluding carboxylic acids is 1. The van der Waals surface area contributed by atoms with Gasteiger partial charge in [-0.3, -0.25) is 9.36 Å². The van der Waals surface area contributed by atoms with Crippen LogP contribution in [0.15, 0.2) is 57.5 Å². The summed E-state index contributed by atoms with van der Waals surface area (Å²) in [4.78, 5) is 32.0. The summed E-state index contributed by atoms with van der Waals surface area (Å²) in [5.74, 6) is 0.606. The summed E-state index contributed by atoms with van der Waals surface area (Å²) in [6, 6.07) is 11.9. The maximum absolute atomic E-state index is 13.9. The standard InChI is InChI=1S/C27H23ClIN3O5S/c1-4-35-19-8-6-16(7-9-19)23-22(26(34)36-5-2)15(3)31-27-32(23)25(33)21(38-27)13-17-12-18(28)14-20(29)24(17)37-11-10-30/h6-9,12-14,23H,4-5,11H2,1-3H3/b21-13-/t23-/m0/s1. The van der Waals surface area contributed by atoms with Gasteiger partial charge in [-0.15, -0.1) is 0 Å². The zero-order valence-electron chi connectivity index (χ0n) is 20.8. The Morgan fingerprint density at radius 2 is 1.97 bits per heavy atom. The molecule has 1 atom stereocenters. The van der Waals surface area contributed by atoms with E-state index in [-0.39, 0.29) is 18.8 Å². The van der Waals surface area contributed by atoms with E-state index in [2.05, 4.69) is 27.6 Å². The van der Waals surface area contributed by atoms with Gasteiger partial charge in [-0.25, -0.2) is 9.79 Å². The highest BCUT2D eigenvalue weighted by molar-refractivity contribution is 14.1. The normalized spacial score (nSPS) is 14.9. The average molecular weight is 664 g/mol. The number of nitrogens with zero attached hydrogens (tertiary/aromatic N) is 3. The molecule has 1 aliphatic rings. The topological polar surface area (TPSA) is 103 Å². The minimum Gasteiger partial charge on any atom is -0.494 e. The van der Waals surface area contributed by atoms with Gasteiger partial charge in [0.15, 0.2) is 11.4 Å². The first kappa shape index (κ1) is 27.9. The van der Waals surface area contributed by atoms with Gasteiger partial charge in [-0.1, -0.05) is 35.1 Å². The summed E-state index contributed by atoms with van der Waals surface area (Å²) in [5, 5.41) is 9.46. The number of aromatic nitrogens is 1. The van der Waals surface area contributed by atoms with Crippen LogP contribution >= 0.6 is 45.5 Å². The van der Waals surface area contributed by atoms with Crippen LogP contribution in [-0.4, -0.2) is 30.4 Å². The third-order valence-electron chi connectivity index (χ3n) is 5.63. The van der Waals surface area contributed by atoms with Gasteiger partial charge < -0.3 is 14.2 Å². The van der Waals surface area contributed by atoms with E-state index in [1.807, 2.05) is 25.1 Å². The maximum Gasteiger partial charge on any atom is 0.338 e. The fourth-order valence-electron chi connectivity index (χ4n) is 4.11. The monoisotopic (exact) mass is 663 g/mol. The van der Waals surface area contributed by atoms with Crippen molar-refractivity contribution < 1.29 is 19.0 Å². The van der Waals surface area contributed by atoms with Crippen LogP contribution < -0.4 is 24.4 Å². The maximum atomic E-state index is 13.9. The Balaban J connectivity index is 1.94. The van der Waals surface area contributed by atoms with Gasteiger partial charge in [0, 0.05) is 10.6 Å². The SMILES string of the molecule is CCOC(=O)C1=C(C)N=c2s/c(=C\c3cc(Cl)cc(I)c3OCC#N)c(=O)n2[C@H]1c1ccc(OCC)cc1. The molecular weight excluding hydrogens is 641 g/mol. The molecule has 4 rings (SSSR count). The number of hydrogen-bond donors (Lipinski definition) is 0. The summed E-state index contributed by atoms with van der Waals surface area (Å²) in [6.07, 6.45) is 1.67. The van der Waals surface area contributed by atoms with Crippen LogP contribution in [0.1, 0.15) is 37.9 Å². The number of ether oxygens (including phenoxy) is 3. The van der Waals surface area contributed by atoms with E-state index in [1.54, 1.807) is 44.2 Å². The van der Waals surface area contributed by atoms with E-state index in [9.17, 15) is 9.59 Å². The first-order valence-corrected chi connectivity index (χ1v) is 14.0. The Hall–Kier alpha value is -3.14. The second kappa shape index (κ2) is 12.1. The van der Waals surface area contributed by atoms with Crippen molar-refractivity contribution in [1.29, 1.82) is 5.26 Å². The molecule has 0 spiro atoms. The molecule has 0 amide bonds. The minimum atomic E-state index is -0.739. The molecule has 0 bridgehead atoms. The van der Waals surface area contributed by atoms with Gasteiger partial charge in [0.1, 0.15) is 17.6 Å². The predicted molar refractivity (Wildman–Crippen MR) is 153 cm³/mol. The molecule has 0 aliphatic carbocycles. The average Bonchev–Trinajstić information content (AvgIpc) is 3.17.